The molecule has 0 aliphatic rings. The molecule has 0 spiro atoms. The zero-order valence-electron chi connectivity index (χ0n) is 17.6. The third-order valence-corrected chi connectivity index (χ3v) is 5.30. The molecule has 31 heavy (non-hydrogen) atoms. The van der Waals surface area contributed by atoms with Crippen LogP contribution in [0.5, 0.6) is 0 Å². The normalized spacial score (nSPS) is 11.0. The Morgan fingerprint density at radius 2 is 1.84 bits per heavy atom. The lowest BCUT2D eigenvalue weighted by Gasteiger charge is -2.10. The summed E-state index contributed by atoms with van der Waals surface area (Å²) in [6, 6.07) is 16.3. The van der Waals surface area contributed by atoms with Crippen LogP contribution in [0.4, 0.5) is 0 Å². The van der Waals surface area contributed by atoms with E-state index in [-0.39, 0.29) is 11.7 Å². The lowest BCUT2D eigenvalue weighted by molar-refractivity contribution is 0.560. The lowest BCUT2D eigenvalue weighted by Crippen LogP contribution is -2.26. The van der Waals surface area contributed by atoms with Crippen molar-refractivity contribution in [1.29, 1.82) is 0 Å². The number of nitrogens with zero attached hydrogens (tertiary/aromatic N) is 5. The van der Waals surface area contributed by atoms with Gasteiger partial charge < -0.3 is 0 Å². The number of rotatable bonds is 7. The zero-order valence-corrected chi connectivity index (χ0v) is 17.6. The van der Waals surface area contributed by atoms with Crippen molar-refractivity contribution < 1.29 is 0 Å². The Balaban J connectivity index is 1.64. The van der Waals surface area contributed by atoms with E-state index in [4.69, 9.17) is 6.42 Å². The van der Waals surface area contributed by atoms with Gasteiger partial charge in [-0.15, -0.1) is 17.4 Å². The second kappa shape index (κ2) is 8.84. The van der Waals surface area contributed by atoms with Crippen LogP contribution in [-0.4, -0.2) is 29.8 Å². The van der Waals surface area contributed by atoms with Crippen molar-refractivity contribution in [2.24, 2.45) is 0 Å². The van der Waals surface area contributed by atoms with E-state index in [9.17, 15) is 4.79 Å². The molecule has 0 aliphatic heterocycles. The van der Waals surface area contributed by atoms with Crippen LogP contribution >= 0.6 is 0 Å². The minimum atomic E-state index is -0.00531. The number of imidazole rings is 1. The van der Waals surface area contributed by atoms with Crippen molar-refractivity contribution in [3.8, 4) is 34.9 Å². The highest BCUT2D eigenvalue weighted by Gasteiger charge is 2.14. The third kappa shape index (κ3) is 4.19. The molecule has 1 N–H and O–H groups in total. The minimum Gasteiger partial charge on any atom is -0.296 e. The van der Waals surface area contributed by atoms with Crippen LogP contribution in [0, 0.1) is 12.3 Å². The van der Waals surface area contributed by atoms with Crippen LogP contribution in [0.3, 0.4) is 0 Å². The number of nitrogens with one attached hydrogen (secondary N) is 1. The van der Waals surface area contributed by atoms with Crippen molar-refractivity contribution in [2.45, 2.75) is 39.3 Å². The standard InChI is InChI=1S/C24H24N6O/c1-4-5-8-20-16-29(17(2)3)24(31)30(20)15-18-11-13-19(14-12-18)21-9-6-7-10-22(21)23-25-27-28-26-23/h1,6-7,9-14,16-17H,5,8,15H2,2-3H3,(H,25,26,27,28). The molecule has 0 atom stereocenters. The first-order valence-electron chi connectivity index (χ1n) is 10.2. The van der Waals surface area contributed by atoms with E-state index in [0.29, 0.717) is 25.2 Å². The predicted octanol–water partition coefficient (Wildman–Crippen LogP) is 3.69. The van der Waals surface area contributed by atoms with E-state index in [0.717, 1.165) is 27.9 Å². The van der Waals surface area contributed by atoms with Gasteiger partial charge >= 0.3 is 5.69 Å². The molecule has 4 rings (SSSR count). The fourth-order valence-electron chi connectivity index (χ4n) is 3.67. The molecule has 7 nitrogen and oxygen atoms in total. The summed E-state index contributed by atoms with van der Waals surface area (Å²) >= 11 is 0. The predicted molar refractivity (Wildman–Crippen MR) is 120 cm³/mol. The number of benzene rings is 2. The summed E-state index contributed by atoms with van der Waals surface area (Å²) in [5, 5.41) is 14.2. The minimum absolute atomic E-state index is 0.00531. The van der Waals surface area contributed by atoms with Crippen molar-refractivity contribution in [2.75, 3.05) is 0 Å². The van der Waals surface area contributed by atoms with E-state index in [2.05, 4.69) is 50.8 Å². The number of terminal acetylenes is 1. The Morgan fingerprint density at radius 1 is 1.10 bits per heavy atom. The molecule has 2 aromatic heterocycles. The molecule has 2 heterocycles. The van der Waals surface area contributed by atoms with Crippen LogP contribution in [-0.2, 0) is 13.0 Å². The van der Waals surface area contributed by atoms with Crippen LogP contribution < -0.4 is 5.69 Å². The summed E-state index contributed by atoms with van der Waals surface area (Å²) < 4.78 is 3.59. The highest BCUT2D eigenvalue weighted by atomic mass is 16.1. The van der Waals surface area contributed by atoms with Crippen molar-refractivity contribution in [1.82, 2.24) is 29.8 Å². The second-order valence-electron chi connectivity index (χ2n) is 7.69. The van der Waals surface area contributed by atoms with Crippen LogP contribution in [0.1, 0.15) is 37.6 Å². The molecule has 0 saturated carbocycles. The van der Waals surface area contributed by atoms with Gasteiger partial charge in [0.15, 0.2) is 5.82 Å². The van der Waals surface area contributed by atoms with Gasteiger partial charge in [-0.05, 0) is 41.0 Å². The van der Waals surface area contributed by atoms with E-state index >= 15 is 0 Å². The van der Waals surface area contributed by atoms with E-state index in [1.165, 1.54) is 0 Å². The highest BCUT2D eigenvalue weighted by molar-refractivity contribution is 5.80. The van der Waals surface area contributed by atoms with Crippen LogP contribution in [0.2, 0.25) is 0 Å². The molecule has 0 fully saturated rings. The molecular weight excluding hydrogens is 388 g/mol. The molecule has 2 aromatic carbocycles. The summed E-state index contributed by atoms with van der Waals surface area (Å²) in [6.45, 7) is 4.52. The summed E-state index contributed by atoms with van der Waals surface area (Å²) in [5.41, 5.74) is 5.02. The number of aromatic amines is 1. The first-order chi connectivity index (χ1) is 15.1. The molecular formula is C24H24N6O. The van der Waals surface area contributed by atoms with E-state index in [1.54, 1.807) is 4.57 Å². The smallest absolute Gasteiger partial charge is 0.296 e. The lowest BCUT2D eigenvalue weighted by atomic mass is 9.98. The molecule has 0 aliphatic carbocycles. The Morgan fingerprint density at radius 3 is 2.48 bits per heavy atom. The van der Waals surface area contributed by atoms with Gasteiger partial charge in [-0.25, -0.2) is 9.89 Å². The molecule has 156 valence electrons. The van der Waals surface area contributed by atoms with Crippen LogP contribution in [0.25, 0.3) is 22.5 Å². The van der Waals surface area contributed by atoms with Gasteiger partial charge in [0, 0.05) is 36.3 Å². The third-order valence-electron chi connectivity index (χ3n) is 5.30. The highest BCUT2D eigenvalue weighted by Crippen LogP contribution is 2.29. The second-order valence-corrected chi connectivity index (χ2v) is 7.69. The summed E-state index contributed by atoms with van der Waals surface area (Å²) in [5.74, 6) is 3.29. The number of hydrogen-bond donors (Lipinski definition) is 1. The number of aromatic nitrogens is 6. The van der Waals surface area contributed by atoms with Gasteiger partial charge in [-0.2, -0.15) is 0 Å². The summed E-state index contributed by atoms with van der Waals surface area (Å²) in [7, 11) is 0. The molecule has 0 amide bonds. The van der Waals surface area contributed by atoms with Crippen LogP contribution in [0.15, 0.2) is 59.5 Å². The number of hydrogen-bond acceptors (Lipinski definition) is 4. The first-order valence-corrected chi connectivity index (χ1v) is 10.2. The average Bonchev–Trinajstić information content (AvgIpc) is 3.42. The largest absolute Gasteiger partial charge is 0.328 e. The molecule has 0 saturated heterocycles. The van der Waals surface area contributed by atoms with Crippen molar-refractivity contribution in [3.05, 3.63) is 76.5 Å². The maximum absolute atomic E-state index is 12.9. The van der Waals surface area contributed by atoms with Crippen molar-refractivity contribution >= 4 is 0 Å². The van der Waals surface area contributed by atoms with Gasteiger partial charge in [0.2, 0.25) is 0 Å². The number of H-pyrrole nitrogens is 1. The number of aryl methyl sites for hydroxylation is 1. The first kappa shape index (κ1) is 20.4. The van der Waals surface area contributed by atoms with Crippen molar-refractivity contribution in [3.63, 3.8) is 0 Å². The SMILES string of the molecule is C#CCCc1cn(C(C)C)c(=O)n1Cc1ccc(-c2ccccc2-c2nnn[nH]2)cc1. The Labute approximate surface area is 180 Å². The average molecular weight is 412 g/mol. The Bertz CT molecular complexity index is 1260. The van der Waals surface area contributed by atoms with Gasteiger partial charge in [0.25, 0.3) is 0 Å². The Kier molecular flexibility index (Phi) is 5.80. The monoisotopic (exact) mass is 412 g/mol. The summed E-state index contributed by atoms with van der Waals surface area (Å²) in [4.78, 5) is 12.9. The fourth-order valence-corrected chi connectivity index (χ4v) is 3.67. The maximum Gasteiger partial charge on any atom is 0.328 e. The molecule has 0 radical (unpaired) electrons. The Hall–Kier alpha value is -3.92. The topological polar surface area (TPSA) is 81.4 Å². The summed E-state index contributed by atoms with van der Waals surface area (Å²) in [6.07, 6.45) is 8.66. The van der Waals surface area contributed by atoms with Gasteiger partial charge in [-0.1, -0.05) is 48.5 Å². The van der Waals surface area contributed by atoms with E-state index in [1.807, 2.05) is 48.9 Å². The molecule has 0 bridgehead atoms. The molecule has 0 unspecified atom stereocenters. The molecule has 7 heteroatoms. The van der Waals surface area contributed by atoms with Gasteiger partial charge in [0.05, 0.1) is 6.54 Å². The maximum atomic E-state index is 12.9. The quantitative estimate of drug-likeness (QED) is 0.470. The fraction of sp³-hybridized carbons (Fsp3) is 0.250. The van der Waals surface area contributed by atoms with Gasteiger partial charge in [0.1, 0.15) is 0 Å². The number of tetrazole rings is 1. The van der Waals surface area contributed by atoms with E-state index < -0.39 is 0 Å². The van der Waals surface area contributed by atoms with Gasteiger partial charge in [-0.3, -0.25) is 9.13 Å². The zero-order chi connectivity index (χ0) is 21.8. The molecule has 4 aromatic rings.